The summed E-state index contributed by atoms with van der Waals surface area (Å²) in [4.78, 5) is 11.8. The normalized spacial score (nSPS) is 12.2. The molecule has 0 heterocycles. The van der Waals surface area contributed by atoms with Gasteiger partial charge in [-0.1, -0.05) is 0 Å². The maximum atomic E-state index is 11.8. The summed E-state index contributed by atoms with van der Waals surface area (Å²) >= 11 is -3.15. The molecule has 3 aromatic carbocycles. The summed E-state index contributed by atoms with van der Waals surface area (Å²) in [6, 6.07) is 33.2. The number of unbranched alkanes of at least 4 members (excludes halogenated alkanes) is 1. The Labute approximate surface area is 196 Å². The van der Waals surface area contributed by atoms with Gasteiger partial charge in [0, 0.05) is 0 Å². The van der Waals surface area contributed by atoms with Crippen LogP contribution >= 0.6 is 0 Å². The SMILES string of the molecule is CC(C)(C)OC(=O)NNCCC[CH2][Po]([c]1ccccc1)([c]1ccccc1)[c]1ccccc1. The Bertz CT molecular complexity index is 861. The maximum absolute atomic E-state index is 11.8. The molecule has 0 radical (unpaired) electrons. The number of rotatable bonds is 9. The summed E-state index contributed by atoms with van der Waals surface area (Å²) in [7, 11) is 0. The van der Waals surface area contributed by atoms with Crippen molar-refractivity contribution in [2.75, 3.05) is 6.54 Å². The van der Waals surface area contributed by atoms with Crippen LogP contribution in [0.1, 0.15) is 33.6 Å². The van der Waals surface area contributed by atoms with E-state index < -0.39 is 32.3 Å². The van der Waals surface area contributed by atoms with Gasteiger partial charge < -0.3 is 0 Å². The van der Waals surface area contributed by atoms with Crippen molar-refractivity contribution in [2.24, 2.45) is 0 Å². The van der Waals surface area contributed by atoms with Gasteiger partial charge in [-0.25, -0.2) is 0 Å². The van der Waals surface area contributed by atoms with Gasteiger partial charge >= 0.3 is 198 Å². The van der Waals surface area contributed by atoms with Gasteiger partial charge in [0.05, 0.1) is 0 Å². The fourth-order valence-electron chi connectivity index (χ4n) is 3.69. The number of hydrogen-bond acceptors (Lipinski definition) is 3. The number of carbonyl (C=O) groups excluding carboxylic acids is 1. The molecule has 0 atom stereocenters. The third-order valence-corrected chi connectivity index (χ3v) is 21.1. The first-order valence-corrected chi connectivity index (χ1v) is 18.1. The van der Waals surface area contributed by atoms with Crippen molar-refractivity contribution in [1.82, 2.24) is 10.9 Å². The van der Waals surface area contributed by atoms with Gasteiger partial charge in [0.15, 0.2) is 0 Å². The Hall–Kier alpha value is -2.21. The molecule has 32 heavy (non-hydrogen) atoms. The molecule has 0 aliphatic heterocycles. The van der Waals surface area contributed by atoms with Gasteiger partial charge in [0.1, 0.15) is 0 Å². The quantitative estimate of drug-likeness (QED) is 0.279. The Morgan fingerprint density at radius 2 is 1.19 bits per heavy atom. The second-order valence-electron chi connectivity index (χ2n) is 8.64. The first-order valence-electron chi connectivity index (χ1n) is 11.1. The molecular weight excluding hydrogens is 593 g/mol. The molecule has 0 fully saturated rings. The molecule has 2 N–H and O–H groups in total. The van der Waals surface area contributed by atoms with Crippen LogP contribution in [0.4, 0.5) is 4.79 Å². The van der Waals surface area contributed by atoms with Crippen molar-refractivity contribution >= 4 is 36.3 Å². The summed E-state index contributed by atoms with van der Waals surface area (Å²) in [5.41, 5.74) is 5.15. The first-order chi connectivity index (χ1) is 15.4. The Kier molecular flexibility index (Phi) is 8.85. The minimum atomic E-state index is -3.15. The van der Waals surface area contributed by atoms with Crippen LogP contribution < -0.4 is 20.5 Å². The van der Waals surface area contributed by atoms with E-state index in [0.717, 1.165) is 12.8 Å². The van der Waals surface area contributed by atoms with Crippen LogP contribution in [0.2, 0.25) is 4.08 Å². The number of ether oxygens (including phenoxy) is 1. The monoisotopic (exact) mass is 627 g/mol. The van der Waals surface area contributed by atoms with Gasteiger partial charge in [-0.15, -0.1) is 0 Å². The fraction of sp³-hybridized carbons (Fsp3) is 0.296. The first kappa shape index (κ1) is 24.4. The zero-order valence-electron chi connectivity index (χ0n) is 19.2. The number of hydrogen-bond donors (Lipinski definition) is 2. The van der Waals surface area contributed by atoms with Gasteiger partial charge in [-0.3, -0.25) is 0 Å². The molecular formula is C27H34N2O2Po. The summed E-state index contributed by atoms with van der Waals surface area (Å²) in [5.74, 6) is 0. The van der Waals surface area contributed by atoms with Crippen molar-refractivity contribution in [3.63, 3.8) is 0 Å². The summed E-state index contributed by atoms with van der Waals surface area (Å²) < 4.78 is 10.9. The number of amides is 1. The molecule has 3 rings (SSSR count). The van der Waals surface area contributed by atoms with Gasteiger partial charge in [-0.2, -0.15) is 0 Å². The average Bonchev–Trinajstić information content (AvgIpc) is 2.79. The molecule has 5 heteroatoms. The molecule has 0 unspecified atom stereocenters. The molecule has 0 saturated heterocycles. The van der Waals surface area contributed by atoms with E-state index in [-0.39, 0.29) is 0 Å². The van der Waals surface area contributed by atoms with Gasteiger partial charge in [-0.05, 0) is 0 Å². The van der Waals surface area contributed by atoms with E-state index in [9.17, 15) is 4.79 Å². The summed E-state index contributed by atoms with van der Waals surface area (Å²) in [5, 5.41) is 0. The summed E-state index contributed by atoms with van der Waals surface area (Å²) in [6.07, 6.45) is 1.61. The van der Waals surface area contributed by atoms with Crippen LogP contribution in [0.3, 0.4) is 0 Å². The molecule has 3 aromatic rings. The van der Waals surface area contributed by atoms with E-state index in [2.05, 4.69) is 102 Å². The standard InChI is InChI=1S/C9H19N2O2.3C6H5.Po/c1-5-6-7-10-11-8(12)13-9(2,3)4;3*1-2-4-6-5-3-1;/h10H,1,5-7H2,2-4H3,(H,11,12);3*1-5H;. The third kappa shape index (κ3) is 6.64. The van der Waals surface area contributed by atoms with Crippen LogP contribution in [-0.2, 0) is 4.74 Å². The second-order valence-corrected chi connectivity index (χ2v) is 21.5. The zero-order chi connectivity index (χ0) is 22.9. The molecule has 1 amide bonds. The molecule has 0 bridgehead atoms. The number of nitrogens with one attached hydrogen (secondary N) is 2. The van der Waals surface area contributed by atoms with Crippen LogP contribution in [0, 0.1) is 0 Å². The van der Waals surface area contributed by atoms with E-state index in [0.29, 0.717) is 6.54 Å². The van der Waals surface area contributed by atoms with Crippen molar-refractivity contribution in [1.29, 1.82) is 0 Å². The zero-order valence-corrected chi connectivity index (χ0v) is 22.4. The van der Waals surface area contributed by atoms with Crippen LogP contribution in [0.25, 0.3) is 0 Å². The van der Waals surface area contributed by atoms with Gasteiger partial charge in [0.2, 0.25) is 0 Å². The molecule has 170 valence electrons. The van der Waals surface area contributed by atoms with Crippen molar-refractivity contribution in [2.45, 2.75) is 43.3 Å². The van der Waals surface area contributed by atoms with E-state index in [4.69, 9.17) is 4.74 Å². The van der Waals surface area contributed by atoms with E-state index in [1.54, 1.807) is 0 Å². The average molecular weight is 628 g/mol. The second kappa shape index (κ2) is 11.6. The topological polar surface area (TPSA) is 50.4 Å². The van der Waals surface area contributed by atoms with Gasteiger partial charge in [0.25, 0.3) is 0 Å². The minimum absolute atomic E-state index is 0.441. The van der Waals surface area contributed by atoms with Crippen molar-refractivity contribution in [3.05, 3.63) is 91.0 Å². The molecule has 4 nitrogen and oxygen atoms in total. The molecule has 0 aromatic heterocycles. The number of carbonyl (C=O) groups is 1. The van der Waals surface area contributed by atoms with E-state index in [1.165, 1.54) is 13.7 Å². The molecule has 0 spiro atoms. The Balaban J connectivity index is 1.75. The van der Waals surface area contributed by atoms with Crippen molar-refractivity contribution in [3.8, 4) is 0 Å². The molecule has 0 aliphatic carbocycles. The number of benzene rings is 3. The van der Waals surface area contributed by atoms with E-state index >= 15 is 0 Å². The summed E-state index contributed by atoms with van der Waals surface area (Å²) in [6.45, 7) is 6.28. The molecule has 0 aliphatic rings. The van der Waals surface area contributed by atoms with Crippen LogP contribution in [0.5, 0.6) is 0 Å². The van der Waals surface area contributed by atoms with Crippen LogP contribution in [0.15, 0.2) is 91.0 Å². The predicted octanol–water partition coefficient (Wildman–Crippen LogP) is 3.97. The predicted molar refractivity (Wildman–Crippen MR) is 135 cm³/mol. The fourth-order valence-corrected chi connectivity index (χ4v) is 19.3. The van der Waals surface area contributed by atoms with Crippen LogP contribution in [-0.4, -0.2) is 38.8 Å². The Morgan fingerprint density at radius 3 is 1.59 bits per heavy atom. The van der Waals surface area contributed by atoms with E-state index in [1.807, 2.05) is 20.8 Å². The number of hydrazine groups is 1. The van der Waals surface area contributed by atoms with Crippen molar-refractivity contribution < 1.29 is 9.53 Å². The Morgan fingerprint density at radius 1 is 0.750 bits per heavy atom. The molecule has 0 saturated carbocycles. The third-order valence-electron chi connectivity index (χ3n) is 5.03.